The second-order valence-corrected chi connectivity index (χ2v) is 8.76. The maximum Gasteiger partial charge on any atom is 0.217 e. The summed E-state index contributed by atoms with van der Waals surface area (Å²) in [6, 6.07) is 16.3. The molecule has 168 valence electrons. The van der Waals surface area contributed by atoms with E-state index in [1.807, 2.05) is 18.2 Å². The number of Topliss-reactive ketones (excluding diaryl/α,β-unsaturated/α-hetero) is 1. The zero-order valence-electron chi connectivity index (χ0n) is 18.7. The van der Waals surface area contributed by atoms with E-state index < -0.39 is 0 Å². The molecule has 5 rings (SSSR count). The molecule has 1 aliphatic rings. The van der Waals surface area contributed by atoms with E-state index in [2.05, 4.69) is 68.0 Å². The third-order valence-corrected chi connectivity index (χ3v) is 6.62. The Kier molecular flexibility index (Phi) is 6.06. The molecule has 2 aromatic heterocycles. The third-order valence-electron chi connectivity index (χ3n) is 6.62. The van der Waals surface area contributed by atoms with Gasteiger partial charge in [-0.3, -0.25) is 4.79 Å². The second kappa shape index (κ2) is 9.44. The van der Waals surface area contributed by atoms with E-state index >= 15 is 0 Å². The van der Waals surface area contributed by atoms with E-state index in [-0.39, 0.29) is 11.7 Å². The molecule has 0 spiro atoms. The van der Waals surface area contributed by atoms with Gasteiger partial charge in [0.25, 0.3) is 0 Å². The van der Waals surface area contributed by atoms with Gasteiger partial charge in [-0.2, -0.15) is 0 Å². The zero-order valence-corrected chi connectivity index (χ0v) is 18.7. The zero-order chi connectivity index (χ0) is 22.6. The highest BCUT2D eigenvalue weighted by molar-refractivity contribution is 5.94. The van der Waals surface area contributed by atoms with Crippen LogP contribution in [0.4, 0.5) is 0 Å². The highest BCUT2D eigenvalue weighted by Gasteiger charge is 2.29. The summed E-state index contributed by atoms with van der Waals surface area (Å²) in [6.07, 6.45) is 7.08. The van der Waals surface area contributed by atoms with Crippen molar-refractivity contribution in [2.24, 2.45) is 11.8 Å². The van der Waals surface area contributed by atoms with E-state index in [4.69, 9.17) is 0 Å². The lowest BCUT2D eigenvalue weighted by atomic mass is 9.78. The summed E-state index contributed by atoms with van der Waals surface area (Å²) in [7, 11) is 0. The van der Waals surface area contributed by atoms with Crippen LogP contribution in [0.1, 0.15) is 55.2 Å². The molecule has 0 amide bonds. The van der Waals surface area contributed by atoms with Crippen LogP contribution in [-0.4, -0.2) is 41.2 Å². The van der Waals surface area contributed by atoms with Crippen molar-refractivity contribution in [3.05, 3.63) is 66.2 Å². The number of nitrogens with zero attached hydrogens (tertiary/aromatic N) is 6. The molecule has 1 N–H and O–H groups in total. The molecule has 8 nitrogen and oxygen atoms in total. The van der Waals surface area contributed by atoms with Crippen molar-refractivity contribution in [2.45, 2.75) is 45.6 Å². The maximum atomic E-state index is 12.9. The van der Waals surface area contributed by atoms with Gasteiger partial charge in [-0.25, -0.2) is 14.8 Å². The Morgan fingerprint density at radius 2 is 1.91 bits per heavy atom. The average Bonchev–Trinajstić information content (AvgIpc) is 3.57. The van der Waals surface area contributed by atoms with Crippen LogP contribution in [0.5, 0.6) is 0 Å². The third kappa shape index (κ3) is 4.60. The number of rotatable bonds is 7. The maximum absolute atomic E-state index is 12.9. The van der Waals surface area contributed by atoms with Gasteiger partial charge < -0.3 is 0 Å². The van der Waals surface area contributed by atoms with Gasteiger partial charge in [0, 0.05) is 11.5 Å². The summed E-state index contributed by atoms with van der Waals surface area (Å²) in [5.74, 6) is 1.80. The van der Waals surface area contributed by atoms with Crippen LogP contribution in [0.15, 0.2) is 54.9 Å². The van der Waals surface area contributed by atoms with Crippen LogP contribution < -0.4 is 0 Å². The number of carbonyl (C=O) groups excluding carboxylic acids is 1. The van der Waals surface area contributed by atoms with Crippen LogP contribution >= 0.6 is 0 Å². The molecule has 2 heterocycles. The molecule has 0 bridgehead atoms. The summed E-state index contributed by atoms with van der Waals surface area (Å²) in [5, 5.41) is 18.7. The molecule has 0 saturated heterocycles. The van der Waals surface area contributed by atoms with Crippen LogP contribution in [0, 0.1) is 11.8 Å². The van der Waals surface area contributed by atoms with Crippen molar-refractivity contribution in [1.29, 1.82) is 0 Å². The number of aromatic amines is 1. The summed E-state index contributed by atoms with van der Waals surface area (Å²) in [5.41, 5.74) is 4.16. The molecule has 1 saturated carbocycles. The average molecular weight is 442 g/mol. The number of aromatic nitrogens is 7. The molecule has 8 heteroatoms. The Labute approximate surface area is 192 Å². The summed E-state index contributed by atoms with van der Waals surface area (Å²) >= 11 is 0. The van der Waals surface area contributed by atoms with Gasteiger partial charge in [0.05, 0.1) is 6.54 Å². The van der Waals surface area contributed by atoms with Crippen molar-refractivity contribution in [3.8, 4) is 22.5 Å². The van der Waals surface area contributed by atoms with Crippen molar-refractivity contribution < 1.29 is 4.79 Å². The number of ketones is 1. The molecule has 0 aliphatic heterocycles. The van der Waals surface area contributed by atoms with Crippen LogP contribution in [-0.2, 0) is 6.54 Å². The SMILES string of the molecule is CCC1CCCC(C(=O)c2ncn(Cc3ccc(-c4ccccc4-c4nnn[nH]4)cc3)n2)C1. The first-order valence-corrected chi connectivity index (χ1v) is 11.6. The van der Waals surface area contributed by atoms with Gasteiger partial charge in [-0.15, -0.1) is 10.2 Å². The van der Waals surface area contributed by atoms with Crippen molar-refractivity contribution in [3.63, 3.8) is 0 Å². The van der Waals surface area contributed by atoms with E-state index in [1.165, 1.54) is 6.42 Å². The van der Waals surface area contributed by atoms with Crippen LogP contribution in [0.25, 0.3) is 22.5 Å². The molecule has 1 fully saturated rings. The normalized spacial score (nSPS) is 18.3. The first kappa shape index (κ1) is 21.2. The summed E-state index contributed by atoms with van der Waals surface area (Å²) in [6.45, 7) is 2.77. The van der Waals surface area contributed by atoms with E-state index in [1.54, 1.807) is 11.0 Å². The number of hydrogen-bond donors (Lipinski definition) is 1. The monoisotopic (exact) mass is 441 g/mol. The van der Waals surface area contributed by atoms with Gasteiger partial charge in [0.1, 0.15) is 6.33 Å². The Balaban J connectivity index is 1.28. The van der Waals surface area contributed by atoms with Gasteiger partial charge in [0.15, 0.2) is 5.82 Å². The number of benzene rings is 2. The fourth-order valence-electron chi connectivity index (χ4n) is 4.76. The summed E-state index contributed by atoms with van der Waals surface area (Å²) in [4.78, 5) is 17.2. The van der Waals surface area contributed by atoms with Gasteiger partial charge in [0.2, 0.25) is 11.6 Å². The molecule has 2 aromatic carbocycles. The molecule has 2 atom stereocenters. The topological polar surface area (TPSA) is 102 Å². The quantitative estimate of drug-likeness (QED) is 0.421. The lowest BCUT2D eigenvalue weighted by Gasteiger charge is -2.26. The van der Waals surface area contributed by atoms with Crippen molar-refractivity contribution >= 4 is 5.78 Å². The molecular weight excluding hydrogens is 414 g/mol. The minimum Gasteiger partial charge on any atom is -0.290 e. The lowest BCUT2D eigenvalue weighted by molar-refractivity contribution is 0.0850. The Morgan fingerprint density at radius 3 is 2.67 bits per heavy atom. The van der Waals surface area contributed by atoms with Crippen LogP contribution in [0.2, 0.25) is 0 Å². The Hall–Kier alpha value is -3.68. The fraction of sp³-hybridized carbons (Fsp3) is 0.360. The Bertz CT molecular complexity index is 1210. The first-order valence-electron chi connectivity index (χ1n) is 11.6. The minimum absolute atomic E-state index is 0.0680. The summed E-state index contributed by atoms with van der Waals surface area (Å²) < 4.78 is 1.75. The molecule has 4 aromatic rings. The van der Waals surface area contributed by atoms with Gasteiger partial charge in [-0.1, -0.05) is 74.7 Å². The highest BCUT2D eigenvalue weighted by Crippen LogP contribution is 2.32. The lowest BCUT2D eigenvalue weighted by Crippen LogP contribution is -2.24. The van der Waals surface area contributed by atoms with Crippen LogP contribution in [0.3, 0.4) is 0 Å². The molecule has 0 radical (unpaired) electrons. The molecule has 1 aliphatic carbocycles. The second-order valence-electron chi connectivity index (χ2n) is 8.76. The first-order chi connectivity index (χ1) is 16.2. The van der Waals surface area contributed by atoms with E-state index in [0.29, 0.717) is 24.1 Å². The van der Waals surface area contributed by atoms with Crippen molar-refractivity contribution in [2.75, 3.05) is 0 Å². The standard InChI is InChI=1S/C25H27N7O/c1-2-17-6-5-7-20(14-17)23(33)25-26-16-32(29-25)15-18-10-12-19(13-11-18)21-8-3-4-9-22(21)24-27-30-31-28-24/h3-4,8-13,16-17,20H,2,5-7,14-15H2,1H3,(H,27,28,30,31). The number of tetrazole rings is 1. The predicted molar refractivity (Wildman–Crippen MR) is 124 cm³/mol. The highest BCUT2D eigenvalue weighted by atomic mass is 16.1. The predicted octanol–water partition coefficient (Wildman–Crippen LogP) is 4.57. The van der Waals surface area contributed by atoms with E-state index in [0.717, 1.165) is 47.9 Å². The van der Waals surface area contributed by atoms with Gasteiger partial charge >= 0.3 is 0 Å². The van der Waals surface area contributed by atoms with E-state index in [9.17, 15) is 4.79 Å². The molecule has 2 unspecified atom stereocenters. The largest absolute Gasteiger partial charge is 0.290 e. The van der Waals surface area contributed by atoms with Gasteiger partial charge in [-0.05, 0) is 45.9 Å². The smallest absolute Gasteiger partial charge is 0.217 e. The number of H-pyrrole nitrogens is 1. The molecular formula is C25H27N7O. The number of nitrogens with one attached hydrogen (secondary N) is 1. The number of carbonyl (C=O) groups is 1. The minimum atomic E-state index is 0.0680. The molecule has 33 heavy (non-hydrogen) atoms. The Morgan fingerprint density at radius 1 is 1.09 bits per heavy atom. The number of hydrogen-bond acceptors (Lipinski definition) is 6. The fourth-order valence-corrected chi connectivity index (χ4v) is 4.76. The van der Waals surface area contributed by atoms with Crippen molar-refractivity contribution in [1.82, 2.24) is 35.4 Å².